The lowest BCUT2D eigenvalue weighted by molar-refractivity contribution is 0.0697. The van der Waals surface area contributed by atoms with Crippen molar-refractivity contribution in [2.24, 2.45) is 0 Å². The third-order valence-corrected chi connectivity index (χ3v) is 2.90. The van der Waals surface area contributed by atoms with Gasteiger partial charge in [-0.15, -0.1) is 0 Å². The number of carboxylic acid groups (broad SMARTS) is 1. The maximum Gasteiger partial charge on any atom is 0.335 e. The van der Waals surface area contributed by atoms with Gasteiger partial charge in [-0.25, -0.2) is 9.18 Å². The van der Waals surface area contributed by atoms with E-state index >= 15 is 0 Å². The molecule has 0 aliphatic heterocycles. The van der Waals surface area contributed by atoms with E-state index in [2.05, 4.69) is 0 Å². The van der Waals surface area contributed by atoms with E-state index in [1.165, 1.54) is 30.3 Å². The molecule has 0 atom stereocenters. The molecule has 0 radical (unpaired) electrons. The largest absolute Gasteiger partial charge is 0.478 e. The van der Waals surface area contributed by atoms with Crippen LogP contribution in [0.15, 0.2) is 36.4 Å². The quantitative estimate of drug-likeness (QED) is 0.899. The van der Waals surface area contributed by atoms with Crippen molar-refractivity contribution in [1.29, 1.82) is 0 Å². The van der Waals surface area contributed by atoms with Gasteiger partial charge >= 0.3 is 5.97 Å². The Labute approximate surface area is 118 Å². The van der Waals surface area contributed by atoms with Crippen LogP contribution in [0, 0.1) is 5.82 Å². The molecule has 2 aromatic rings. The fraction of sp³-hybridized carbons (Fsp3) is 0. The molecule has 0 heterocycles. The molecule has 0 saturated heterocycles. The molecule has 19 heavy (non-hydrogen) atoms. The van der Waals surface area contributed by atoms with Crippen molar-refractivity contribution in [2.45, 2.75) is 0 Å². The summed E-state index contributed by atoms with van der Waals surface area (Å²) in [5.74, 6) is -1.26. The van der Waals surface area contributed by atoms with E-state index in [1.807, 2.05) is 0 Å². The minimum Gasteiger partial charge on any atom is -0.478 e. The van der Waals surface area contributed by atoms with Gasteiger partial charge in [-0.1, -0.05) is 23.2 Å². The first-order valence-electron chi connectivity index (χ1n) is 5.13. The van der Waals surface area contributed by atoms with Gasteiger partial charge in [0.25, 0.3) is 0 Å². The summed E-state index contributed by atoms with van der Waals surface area (Å²) in [6.45, 7) is 0. The van der Waals surface area contributed by atoms with E-state index in [9.17, 15) is 9.18 Å². The second kappa shape index (κ2) is 5.47. The average Bonchev–Trinajstić information content (AvgIpc) is 2.36. The second-order valence-corrected chi connectivity index (χ2v) is 4.44. The van der Waals surface area contributed by atoms with Crippen molar-refractivity contribution >= 4 is 29.2 Å². The summed E-state index contributed by atoms with van der Waals surface area (Å²) in [4.78, 5) is 10.7. The molecule has 2 aromatic carbocycles. The molecule has 0 bridgehead atoms. The first-order valence-corrected chi connectivity index (χ1v) is 5.88. The summed E-state index contributed by atoms with van der Waals surface area (Å²) >= 11 is 11.4. The number of hydrogen-bond donors (Lipinski definition) is 1. The first kappa shape index (κ1) is 13.6. The maximum atomic E-state index is 13.2. The molecule has 0 aliphatic carbocycles. The Morgan fingerprint density at radius 3 is 2.42 bits per heavy atom. The van der Waals surface area contributed by atoms with Gasteiger partial charge in [-0.05, 0) is 30.3 Å². The summed E-state index contributed by atoms with van der Waals surface area (Å²) in [5, 5.41) is 8.90. The average molecular weight is 301 g/mol. The fourth-order valence-electron chi connectivity index (χ4n) is 1.38. The minimum absolute atomic E-state index is 0.0142. The molecule has 98 valence electrons. The lowest BCUT2D eigenvalue weighted by Crippen LogP contribution is -1.96. The third-order valence-electron chi connectivity index (χ3n) is 2.30. The van der Waals surface area contributed by atoms with Crippen LogP contribution in [-0.2, 0) is 0 Å². The van der Waals surface area contributed by atoms with Crippen molar-refractivity contribution in [2.75, 3.05) is 0 Å². The van der Waals surface area contributed by atoms with Gasteiger partial charge in [0.15, 0.2) is 0 Å². The van der Waals surface area contributed by atoms with E-state index in [0.29, 0.717) is 0 Å². The van der Waals surface area contributed by atoms with Crippen LogP contribution >= 0.6 is 23.2 Å². The van der Waals surface area contributed by atoms with Gasteiger partial charge in [0, 0.05) is 6.07 Å². The minimum atomic E-state index is -1.09. The molecular formula is C13H7Cl2FO3. The highest BCUT2D eigenvalue weighted by atomic mass is 35.5. The monoisotopic (exact) mass is 300 g/mol. The highest BCUT2D eigenvalue weighted by molar-refractivity contribution is 6.32. The highest BCUT2D eigenvalue weighted by Gasteiger charge is 2.09. The van der Waals surface area contributed by atoms with Crippen molar-refractivity contribution < 1.29 is 19.0 Å². The molecule has 0 spiro atoms. The number of halogens is 3. The van der Waals surface area contributed by atoms with E-state index in [0.717, 1.165) is 6.07 Å². The van der Waals surface area contributed by atoms with Crippen LogP contribution in [0.1, 0.15) is 10.4 Å². The molecule has 6 heteroatoms. The standard InChI is InChI=1S/C13H7Cl2FO3/c14-9-3-2-8(6-11(9)16)19-12-4-1-7(13(17)18)5-10(12)15/h1-6H,(H,17,18). The fourth-order valence-corrected chi connectivity index (χ4v) is 1.72. The molecule has 0 amide bonds. The van der Waals surface area contributed by atoms with Gasteiger partial charge in [0.2, 0.25) is 0 Å². The summed E-state index contributed by atoms with van der Waals surface area (Å²) in [5.41, 5.74) is 0.0413. The lowest BCUT2D eigenvalue weighted by atomic mass is 10.2. The molecule has 1 N–H and O–H groups in total. The number of aromatic carboxylic acids is 1. The predicted molar refractivity (Wildman–Crippen MR) is 69.9 cm³/mol. The highest BCUT2D eigenvalue weighted by Crippen LogP contribution is 2.31. The SMILES string of the molecule is O=C(O)c1ccc(Oc2ccc(Cl)c(F)c2)c(Cl)c1. The van der Waals surface area contributed by atoms with Crippen LogP contribution in [0.25, 0.3) is 0 Å². The van der Waals surface area contributed by atoms with E-state index in [-0.39, 0.29) is 27.1 Å². The van der Waals surface area contributed by atoms with E-state index in [1.54, 1.807) is 0 Å². The van der Waals surface area contributed by atoms with Crippen molar-refractivity contribution in [1.82, 2.24) is 0 Å². The lowest BCUT2D eigenvalue weighted by Gasteiger charge is -2.08. The van der Waals surface area contributed by atoms with Crippen LogP contribution in [0.5, 0.6) is 11.5 Å². The van der Waals surface area contributed by atoms with Crippen LogP contribution in [-0.4, -0.2) is 11.1 Å². The summed E-state index contributed by atoms with van der Waals surface area (Å²) in [7, 11) is 0. The smallest absolute Gasteiger partial charge is 0.335 e. The zero-order valence-corrected chi connectivity index (χ0v) is 10.9. The Hall–Kier alpha value is -1.78. The Balaban J connectivity index is 2.28. The van der Waals surface area contributed by atoms with Crippen LogP contribution in [0.3, 0.4) is 0 Å². The first-order chi connectivity index (χ1) is 8.97. The predicted octanol–water partition coefficient (Wildman–Crippen LogP) is 4.62. The molecule has 0 aromatic heterocycles. The summed E-state index contributed by atoms with van der Waals surface area (Å²) in [6.07, 6.45) is 0. The Morgan fingerprint density at radius 2 is 1.84 bits per heavy atom. The maximum absolute atomic E-state index is 13.2. The number of hydrogen-bond acceptors (Lipinski definition) is 2. The molecule has 0 aliphatic rings. The molecular weight excluding hydrogens is 294 g/mol. The zero-order chi connectivity index (χ0) is 14.0. The Bertz CT molecular complexity index is 644. The molecule has 0 fully saturated rings. The molecule has 0 unspecified atom stereocenters. The Kier molecular flexibility index (Phi) is 3.93. The molecule has 0 saturated carbocycles. The van der Waals surface area contributed by atoms with Gasteiger partial charge in [-0.3, -0.25) is 0 Å². The number of carbonyl (C=O) groups is 1. The van der Waals surface area contributed by atoms with Gasteiger partial charge in [0.05, 0.1) is 15.6 Å². The van der Waals surface area contributed by atoms with Crippen molar-refractivity contribution in [3.05, 3.63) is 57.8 Å². The number of rotatable bonds is 3. The van der Waals surface area contributed by atoms with Gasteiger partial charge in [0.1, 0.15) is 17.3 Å². The van der Waals surface area contributed by atoms with Gasteiger partial charge in [-0.2, -0.15) is 0 Å². The Morgan fingerprint density at radius 1 is 1.11 bits per heavy atom. The van der Waals surface area contributed by atoms with Gasteiger partial charge < -0.3 is 9.84 Å². The molecule has 2 rings (SSSR count). The van der Waals surface area contributed by atoms with E-state index in [4.69, 9.17) is 33.0 Å². The van der Waals surface area contributed by atoms with Crippen LogP contribution < -0.4 is 4.74 Å². The summed E-state index contributed by atoms with van der Waals surface area (Å²) < 4.78 is 18.6. The van der Waals surface area contributed by atoms with Crippen molar-refractivity contribution in [3.8, 4) is 11.5 Å². The normalized spacial score (nSPS) is 10.3. The number of benzene rings is 2. The topological polar surface area (TPSA) is 46.5 Å². The van der Waals surface area contributed by atoms with E-state index < -0.39 is 11.8 Å². The molecule has 3 nitrogen and oxygen atoms in total. The zero-order valence-electron chi connectivity index (χ0n) is 9.36. The van der Waals surface area contributed by atoms with Crippen molar-refractivity contribution in [3.63, 3.8) is 0 Å². The third kappa shape index (κ3) is 3.16. The van der Waals surface area contributed by atoms with Crippen LogP contribution in [0.2, 0.25) is 10.0 Å². The summed E-state index contributed by atoms with van der Waals surface area (Å²) in [6, 6.07) is 7.95. The van der Waals surface area contributed by atoms with Crippen LogP contribution in [0.4, 0.5) is 4.39 Å². The number of carboxylic acids is 1. The second-order valence-electron chi connectivity index (χ2n) is 3.63. The number of ether oxygens (including phenoxy) is 1.